The standard InChI is InChI=1S/C19H20N4O/c24-19-5-3-11-23(19)16-8-6-15(7-9-16)12-20-13-17-14-21-18-4-1-2-10-22(17)18/h1-2,4,6-10,14,20H,3,5,11-13H2. The molecule has 3 aromatic rings. The summed E-state index contributed by atoms with van der Waals surface area (Å²) in [5.41, 5.74) is 4.32. The zero-order chi connectivity index (χ0) is 16.4. The number of fused-ring (bicyclic) bond motifs is 1. The van der Waals surface area contributed by atoms with Crippen LogP contribution in [0.3, 0.4) is 0 Å². The van der Waals surface area contributed by atoms with Gasteiger partial charge < -0.3 is 14.6 Å². The molecule has 122 valence electrons. The molecular formula is C19H20N4O. The maximum absolute atomic E-state index is 11.8. The fraction of sp³-hybridized carbons (Fsp3) is 0.263. The molecule has 1 aliphatic heterocycles. The van der Waals surface area contributed by atoms with Crippen molar-refractivity contribution in [3.8, 4) is 0 Å². The molecule has 24 heavy (non-hydrogen) atoms. The number of carbonyl (C=O) groups is 1. The number of aromatic nitrogens is 2. The summed E-state index contributed by atoms with van der Waals surface area (Å²) in [6.45, 7) is 2.39. The third kappa shape index (κ3) is 2.90. The second kappa shape index (κ2) is 6.45. The second-order valence-corrected chi connectivity index (χ2v) is 6.10. The molecule has 1 aliphatic rings. The van der Waals surface area contributed by atoms with Crippen LogP contribution in [0.4, 0.5) is 5.69 Å². The van der Waals surface area contributed by atoms with Gasteiger partial charge in [0.2, 0.25) is 5.91 Å². The summed E-state index contributed by atoms with van der Waals surface area (Å²) in [5, 5.41) is 3.45. The first-order chi connectivity index (χ1) is 11.8. The molecule has 4 rings (SSSR count). The Hall–Kier alpha value is -2.66. The first-order valence-corrected chi connectivity index (χ1v) is 8.32. The molecular weight excluding hydrogens is 300 g/mol. The van der Waals surface area contributed by atoms with E-state index >= 15 is 0 Å². The maximum atomic E-state index is 11.8. The van der Waals surface area contributed by atoms with Crippen molar-refractivity contribution in [1.82, 2.24) is 14.7 Å². The third-order valence-electron chi connectivity index (χ3n) is 4.45. The summed E-state index contributed by atoms with van der Waals surface area (Å²) in [6, 6.07) is 14.2. The lowest BCUT2D eigenvalue weighted by Gasteiger charge is -2.16. The predicted molar refractivity (Wildman–Crippen MR) is 93.8 cm³/mol. The summed E-state index contributed by atoms with van der Waals surface area (Å²) >= 11 is 0. The minimum atomic E-state index is 0.230. The predicted octanol–water partition coefficient (Wildman–Crippen LogP) is 2.75. The van der Waals surface area contributed by atoms with E-state index < -0.39 is 0 Å². The Morgan fingerprint density at radius 3 is 2.75 bits per heavy atom. The normalized spacial score (nSPS) is 14.7. The van der Waals surface area contributed by atoms with Crippen LogP contribution in [0, 0.1) is 0 Å². The lowest BCUT2D eigenvalue weighted by molar-refractivity contribution is -0.117. The molecule has 2 aromatic heterocycles. The molecule has 1 fully saturated rings. The first kappa shape index (κ1) is 14.9. The van der Waals surface area contributed by atoms with Crippen molar-refractivity contribution in [3.05, 3.63) is 66.1 Å². The summed E-state index contributed by atoms with van der Waals surface area (Å²) in [6.07, 6.45) is 5.57. The molecule has 1 amide bonds. The zero-order valence-electron chi connectivity index (χ0n) is 13.5. The highest BCUT2D eigenvalue weighted by Crippen LogP contribution is 2.21. The number of hydrogen-bond donors (Lipinski definition) is 1. The molecule has 0 saturated carbocycles. The van der Waals surface area contributed by atoms with Crippen LogP contribution >= 0.6 is 0 Å². The number of rotatable bonds is 5. The van der Waals surface area contributed by atoms with Gasteiger partial charge in [0.25, 0.3) is 0 Å². The number of benzene rings is 1. The molecule has 0 aliphatic carbocycles. The van der Waals surface area contributed by atoms with Gasteiger partial charge in [-0.3, -0.25) is 4.79 Å². The number of imidazole rings is 1. The summed E-state index contributed by atoms with van der Waals surface area (Å²) < 4.78 is 2.09. The number of pyridine rings is 1. The van der Waals surface area contributed by atoms with Gasteiger partial charge in [0.05, 0.1) is 11.9 Å². The summed E-state index contributed by atoms with van der Waals surface area (Å²) in [7, 11) is 0. The van der Waals surface area contributed by atoms with E-state index in [1.165, 1.54) is 5.56 Å². The second-order valence-electron chi connectivity index (χ2n) is 6.10. The van der Waals surface area contributed by atoms with Crippen LogP contribution in [-0.2, 0) is 17.9 Å². The molecule has 1 aromatic carbocycles. The summed E-state index contributed by atoms with van der Waals surface area (Å²) in [4.78, 5) is 18.0. The fourth-order valence-corrected chi connectivity index (χ4v) is 3.17. The molecule has 1 saturated heterocycles. The van der Waals surface area contributed by atoms with E-state index in [9.17, 15) is 4.79 Å². The van der Waals surface area contributed by atoms with E-state index in [0.717, 1.165) is 43.1 Å². The van der Waals surface area contributed by atoms with Crippen molar-refractivity contribution < 1.29 is 4.79 Å². The third-order valence-corrected chi connectivity index (χ3v) is 4.45. The lowest BCUT2D eigenvalue weighted by Crippen LogP contribution is -2.23. The number of carbonyl (C=O) groups excluding carboxylic acids is 1. The Labute approximate surface area is 140 Å². The van der Waals surface area contributed by atoms with Crippen molar-refractivity contribution in [2.45, 2.75) is 25.9 Å². The first-order valence-electron chi connectivity index (χ1n) is 8.32. The topological polar surface area (TPSA) is 49.6 Å². The molecule has 3 heterocycles. The minimum Gasteiger partial charge on any atom is -0.312 e. The van der Waals surface area contributed by atoms with Gasteiger partial charge >= 0.3 is 0 Å². The van der Waals surface area contributed by atoms with E-state index in [2.05, 4.69) is 26.8 Å². The number of anilines is 1. The van der Waals surface area contributed by atoms with Crippen molar-refractivity contribution in [3.63, 3.8) is 0 Å². The average Bonchev–Trinajstić information content (AvgIpc) is 3.22. The highest BCUT2D eigenvalue weighted by Gasteiger charge is 2.21. The Bertz CT molecular complexity index is 853. The quantitative estimate of drug-likeness (QED) is 0.786. The van der Waals surface area contributed by atoms with Gasteiger partial charge in [-0.1, -0.05) is 18.2 Å². The van der Waals surface area contributed by atoms with Crippen LogP contribution in [0.1, 0.15) is 24.1 Å². The smallest absolute Gasteiger partial charge is 0.227 e. The number of amides is 1. The van der Waals surface area contributed by atoms with Crippen LogP contribution in [0.25, 0.3) is 5.65 Å². The van der Waals surface area contributed by atoms with Gasteiger partial charge in [-0.25, -0.2) is 4.98 Å². The molecule has 5 nitrogen and oxygen atoms in total. The molecule has 0 radical (unpaired) electrons. The van der Waals surface area contributed by atoms with E-state index in [-0.39, 0.29) is 5.91 Å². The highest BCUT2D eigenvalue weighted by atomic mass is 16.2. The minimum absolute atomic E-state index is 0.230. The van der Waals surface area contributed by atoms with E-state index in [1.54, 1.807) is 0 Å². The molecule has 5 heteroatoms. The fourth-order valence-electron chi connectivity index (χ4n) is 3.17. The Balaban J connectivity index is 1.37. The van der Waals surface area contributed by atoms with Gasteiger partial charge in [-0.05, 0) is 36.2 Å². The molecule has 1 N–H and O–H groups in total. The van der Waals surface area contributed by atoms with E-state index in [0.29, 0.717) is 6.42 Å². The van der Waals surface area contributed by atoms with Crippen molar-refractivity contribution in [2.75, 3.05) is 11.4 Å². The monoisotopic (exact) mass is 320 g/mol. The molecule has 0 bridgehead atoms. The van der Waals surface area contributed by atoms with Crippen LogP contribution in [0.15, 0.2) is 54.9 Å². The summed E-state index contributed by atoms with van der Waals surface area (Å²) in [5.74, 6) is 0.230. The van der Waals surface area contributed by atoms with E-state index in [4.69, 9.17) is 0 Å². The lowest BCUT2D eigenvalue weighted by atomic mass is 10.2. The van der Waals surface area contributed by atoms with Gasteiger partial charge in [0, 0.05) is 37.9 Å². The Morgan fingerprint density at radius 1 is 1.08 bits per heavy atom. The zero-order valence-corrected chi connectivity index (χ0v) is 13.5. The number of nitrogens with one attached hydrogen (secondary N) is 1. The number of nitrogens with zero attached hydrogens (tertiary/aromatic N) is 3. The molecule has 0 atom stereocenters. The average molecular weight is 320 g/mol. The highest BCUT2D eigenvalue weighted by molar-refractivity contribution is 5.95. The van der Waals surface area contributed by atoms with Crippen LogP contribution < -0.4 is 10.2 Å². The van der Waals surface area contributed by atoms with Gasteiger partial charge in [0.1, 0.15) is 5.65 Å². The Kier molecular flexibility index (Phi) is 4.01. The molecule has 0 spiro atoms. The van der Waals surface area contributed by atoms with Crippen LogP contribution in [-0.4, -0.2) is 21.8 Å². The van der Waals surface area contributed by atoms with Gasteiger partial charge in [-0.2, -0.15) is 0 Å². The van der Waals surface area contributed by atoms with Gasteiger partial charge in [0.15, 0.2) is 0 Å². The number of hydrogen-bond acceptors (Lipinski definition) is 3. The largest absolute Gasteiger partial charge is 0.312 e. The van der Waals surface area contributed by atoms with Crippen molar-refractivity contribution >= 4 is 17.2 Å². The SMILES string of the molecule is O=C1CCCN1c1ccc(CNCc2cnc3ccccn23)cc1. The van der Waals surface area contributed by atoms with E-state index in [1.807, 2.05) is 47.6 Å². The maximum Gasteiger partial charge on any atom is 0.227 e. The van der Waals surface area contributed by atoms with Crippen LogP contribution in [0.2, 0.25) is 0 Å². The molecule has 0 unspecified atom stereocenters. The van der Waals surface area contributed by atoms with Crippen molar-refractivity contribution in [2.24, 2.45) is 0 Å². The Morgan fingerprint density at radius 2 is 1.96 bits per heavy atom. The van der Waals surface area contributed by atoms with Crippen molar-refractivity contribution in [1.29, 1.82) is 0 Å². The van der Waals surface area contributed by atoms with Crippen LogP contribution in [0.5, 0.6) is 0 Å². The van der Waals surface area contributed by atoms with Gasteiger partial charge in [-0.15, -0.1) is 0 Å².